The fraction of sp³-hybridized carbons (Fsp3) is 0. The molecule has 4 rings (SSSR count). The molecule has 24 heavy (non-hydrogen) atoms. The molecule has 0 unspecified atom stereocenters. The zero-order valence-corrected chi connectivity index (χ0v) is 13.4. The van der Waals surface area contributed by atoms with Gasteiger partial charge in [0.2, 0.25) is 0 Å². The van der Waals surface area contributed by atoms with Crippen LogP contribution in [-0.2, 0) is 0 Å². The van der Waals surface area contributed by atoms with Crippen molar-refractivity contribution in [1.29, 1.82) is 0 Å². The summed E-state index contributed by atoms with van der Waals surface area (Å²) >= 11 is 6.11. The van der Waals surface area contributed by atoms with Crippen LogP contribution in [-0.4, -0.2) is 9.97 Å². The topological polar surface area (TPSA) is 49.9 Å². The number of fused-ring (bicyclic) bond motifs is 1. The molecule has 0 aliphatic carbocycles. The predicted molar refractivity (Wildman–Crippen MR) is 97.3 cm³/mol. The van der Waals surface area contributed by atoms with Crippen LogP contribution >= 0.6 is 11.6 Å². The minimum atomic E-state index is 0.590. The van der Waals surface area contributed by atoms with E-state index in [-0.39, 0.29) is 0 Å². The van der Waals surface area contributed by atoms with Crippen molar-refractivity contribution in [3.63, 3.8) is 0 Å². The van der Waals surface area contributed by atoms with Gasteiger partial charge in [-0.1, -0.05) is 23.7 Å². The molecule has 0 spiro atoms. The van der Waals surface area contributed by atoms with Gasteiger partial charge in [0.1, 0.15) is 11.5 Å². The van der Waals surface area contributed by atoms with Crippen molar-refractivity contribution >= 4 is 34.0 Å². The number of aromatic nitrogens is 2. The largest absolute Gasteiger partial charge is 0.456 e. The molecule has 0 aliphatic heterocycles. The fourth-order valence-corrected chi connectivity index (χ4v) is 2.61. The standard InChI is InChI=1S/C19H14ClN3O/c20-16-3-1-2-4-19(16)24-15-8-5-13(6-9-15)23-14-7-10-17-18(11-14)22-12-21-17/h1-12,23H,(H,21,22). The Morgan fingerprint density at radius 3 is 2.54 bits per heavy atom. The lowest BCUT2D eigenvalue weighted by Crippen LogP contribution is -1.91. The van der Waals surface area contributed by atoms with Gasteiger partial charge in [-0.2, -0.15) is 0 Å². The molecule has 3 aromatic carbocycles. The second-order valence-electron chi connectivity index (χ2n) is 5.32. The third kappa shape index (κ3) is 3.05. The summed E-state index contributed by atoms with van der Waals surface area (Å²) in [5.41, 5.74) is 3.90. The molecule has 2 N–H and O–H groups in total. The van der Waals surface area contributed by atoms with Crippen molar-refractivity contribution in [2.24, 2.45) is 0 Å². The van der Waals surface area contributed by atoms with Gasteiger partial charge in [-0.3, -0.25) is 0 Å². The Balaban J connectivity index is 1.50. The minimum absolute atomic E-state index is 0.590. The molecule has 4 nitrogen and oxygen atoms in total. The van der Waals surface area contributed by atoms with E-state index in [9.17, 15) is 0 Å². The number of nitrogens with zero attached hydrogens (tertiary/aromatic N) is 1. The van der Waals surface area contributed by atoms with E-state index in [1.165, 1.54) is 0 Å². The number of anilines is 2. The monoisotopic (exact) mass is 335 g/mol. The summed E-state index contributed by atoms with van der Waals surface area (Å²) in [6, 6.07) is 21.1. The smallest absolute Gasteiger partial charge is 0.146 e. The molecule has 0 radical (unpaired) electrons. The Bertz CT molecular complexity index is 979. The second kappa shape index (κ2) is 6.26. The molecule has 0 amide bonds. The van der Waals surface area contributed by atoms with Gasteiger partial charge in [-0.05, 0) is 54.6 Å². The van der Waals surface area contributed by atoms with Gasteiger partial charge in [0.05, 0.1) is 22.4 Å². The van der Waals surface area contributed by atoms with E-state index in [4.69, 9.17) is 16.3 Å². The molecule has 4 aromatic rings. The van der Waals surface area contributed by atoms with Gasteiger partial charge >= 0.3 is 0 Å². The lowest BCUT2D eigenvalue weighted by atomic mass is 10.2. The van der Waals surface area contributed by atoms with Gasteiger partial charge in [-0.25, -0.2) is 4.98 Å². The molecule has 0 saturated heterocycles. The molecular formula is C19H14ClN3O. The maximum absolute atomic E-state index is 6.11. The molecule has 1 aromatic heterocycles. The predicted octanol–water partition coefficient (Wildman–Crippen LogP) is 5.75. The normalized spacial score (nSPS) is 10.7. The Morgan fingerprint density at radius 1 is 0.917 bits per heavy atom. The Hall–Kier alpha value is -2.98. The summed E-state index contributed by atoms with van der Waals surface area (Å²) in [7, 11) is 0. The first-order chi connectivity index (χ1) is 11.8. The summed E-state index contributed by atoms with van der Waals surface area (Å²) in [6.07, 6.45) is 1.69. The number of benzene rings is 3. The molecule has 0 fully saturated rings. The van der Waals surface area contributed by atoms with Crippen molar-refractivity contribution in [1.82, 2.24) is 9.97 Å². The number of halogens is 1. The number of hydrogen-bond acceptors (Lipinski definition) is 3. The van der Waals surface area contributed by atoms with Crippen LogP contribution in [0.2, 0.25) is 5.02 Å². The summed E-state index contributed by atoms with van der Waals surface area (Å²) in [4.78, 5) is 7.34. The highest BCUT2D eigenvalue weighted by atomic mass is 35.5. The average molecular weight is 336 g/mol. The van der Waals surface area contributed by atoms with Crippen LogP contribution in [0.4, 0.5) is 11.4 Å². The maximum atomic E-state index is 6.11. The summed E-state index contributed by atoms with van der Waals surface area (Å²) in [5.74, 6) is 1.38. The van der Waals surface area contributed by atoms with Gasteiger partial charge in [-0.15, -0.1) is 0 Å². The Morgan fingerprint density at radius 2 is 1.71 bits per heavy atom. The lowest BCUT2D eigenvalue weighted by Gasteiger charge is -2.09. The lowest BCUT2D eigenvalue weighted by molar-refractivity contribution is 0.483. The van der Waals surface area contributed by atoms with Crippen LogP contribution in [0.5, 0.6) is 11.5 Å². The number of nitrogens with one attached hydrogen (secondary N) is 2. The van der Waals surface area contributed by atoms with E-state index >= 15 is 0 Å². The number of ether oxygens (including phenoxy) is 1. The summed E-state index contributed by atoms with van der Waals surface area (Å²) in [6.45, 7) is 0. The van der Waals surface area contributed by atoms with Crippen LogP contribution in [0.15, 0.2) is 73.1 Å². The number of imidazole rings is 1. The number of para-hydroxylation sites is 1. The molecule has 0 saturated carbocycles. The van der Waals surface area contributed by atoms with Crippen LogP contribution < -0.4 is 10.1 Å². The number of hydrogen-bond donors (Lipinski definition) is 2. The Labute approximate surface area is 144 Å². The summed E-state index contributed by atoms with van der Waals surface area (Å²) < 4.78 is 5.79. The highest BCUT2D eigenvalue weighted by molar-refractivity contribution is 6.32. The van der Waals surface area contributed by atoms with Gasteiger partial charge in [0, 0.05) is 11.4 Å². The van der Waals surface area contributed by atoms with E-state index in [1.807, 2.05) is 60.7 Å². The van der Waals surface area contributed by atoms with E-state index in [2.05, 4.69) is 15.3 Å². The maximum Gasteiger partial charge on any atom is 0.146 e. The van der Waals surface area contributed by atoms with Crippen LogP contribution in [0.1, 0.15) is 0 Å². The minimum Gasteiger partial charge on any atom is -0.456 e. The number of aromatic amines is 1. The molecular weight excluding hydrogens is 322 g/mol. The third-order valence-corrected chi connectivity index (χ3v) is 3.94. The van der Waals surface area contributed by atoms with E-state index in [1.54, 1.807) is 12.4 Å². The first-order valence-electron chi connectivity index (χ1n) is 7.50. The molecule has 0 bridgehead atoms. The molecule has 0 aliphatic rings. The van der Waals surface area contributed by atoms with Crippen LogP contribution in [0.25, 0.3) is 11.0 Å². The highest BCUT2D eigenvalue weighted by Gasteiger charge is 2.03. The molecule has 1 heterocycles. The first kappa shape index (κ1) is 14.6. The second-order valence-corrected chi connectivity index (χ2v) is 5.72. The molecule has 118 valence electrons. The van der Waals surface area contributed by atoms with E-state index in [0.29, 0.717) is 10.8 Å². The Kier molecular flexibility index (Phi) is 3.81. The van der Waals surface area contributed by atoms with Crippen molar-refractivity contribution in [3.8, 4) is 11.5 Å². The van der Waals surface area contributed by atoms with Gasteiger partial charge < -0.3 is 15.0 Å². The fourth-order valence-electron chi connectivity index (χ4n) is 2.44. The molecule has 5 heteroatoms. The SMILES string of the molecule is Clc1ccccc1Oc1ccc(Nc2ccc3[nH]cnc3c2)cc1. The van der Waals surface area contributed by atoms with Crippen molar-refractivity contribution < 1.29 is 4.74 Å². The molecule has 0 atom stereocenters. The van der Waals surface area contributed by atoms with Crippen molar-refractivity contribution in [2.45, 2.75) is 0 Å². The zero-order chi connectivity index (χ0) is 16.4. The van der Waals surface area contributed by atoms with Gasteiger partial charge in [0.25, 0.3) is 0 Å². The highest BCUT2D eigenvalue weighted by Crippen LogP contribution is 2.30. The van der Waals surface area contributed by atoms with Crippen molar-refractivity contribution in [2.75, 3.05) is 5.32 Å². The average Bonchev–Trinajstić information content (AvgIpc) is 3.06. The van der Waals surface area contributed by atoms with Crippen LogP contribution in [0, 0.1) is 0 Å². The first-order valence-corrected chi connectivity index (χ1v) is 7.88. The van der Waals surface area contributed by atoms with E-state index < -0.39 is 0 Å². The zero-order valence-electron chi connectivity index (χ0n) is 12.7. The third-order valence-electron chi connectivity index (χ3n) is 3.63. The quantitative estimate of drug-likeness (QED) is 0.499. The van der Waals surface area contributed by atoms with Crippen molar-refractivity contribution in [3.05, 3.63) is 78.1 Å². The van der Waals surface area contributed by atoms with Crippen LogP contribution in [0.3, 0.4) is 0 Å². The summed E-state index contributed by atoms with van der Waals surface area (Å²) in [5, 5.41) is 3.94. The van der Waals surface area contributed by atoms with Gasteiger partial charge in [0.15, 0.2) is 0 Å². The number of rotatable bonds is 4. The van der Waals surface area contributed by atoms with E-state index in [0.717, 1.165) is 28.2 Å². The number of H-pyrrole nitrogens is 1.